The molecule has 0 amide bonds. The molecule has 2 fully saturated rings. The highest BCUT2D eigenvalue weighted by molar-refractivity contribution is 7.86. The maximum atomic E-state index is 12.5. The molecule has 0 aromatic heterocycles. The van der Waals surface area contributed by atoms with Gasteiger partial charge < -0.3 is 19.3 Å². The Balaban J connectivity index is 1.48. The molecule has 2 saturated heterocycles. The predicted octanol–water partition coefficient (Wildman–Crippen LogP) is 1.94. The molecular formula is C20H22O7S. The van der Waals surface area contributed by atoms with Crippen molar-refractivity contribution in [3.05, 3.63) is 65.7 Å². The molecule has 1 N–H and O–H groups in total. The number of rotatable bonds is 4. The standard InChI is InChI=1S/C20H22O7S/c1-13-7-9-15(10-8-13)28(22,23)27-16-11-24-17-12-25-20(26-19(17)18(16)21)14-5-3-2-4-6-14/h2-10,16-21H,11-12H2,1H3/t16-,17-,18-,19+,20?/m1/s1. The van der Waals surface area contributed by atoms with Gasteiger partial charge in [-0.2, -0.15) is 8.42 Å². The molecule has 0 bridgehead atoms. The topological polar surface area (TPSA) is 91.3 Å². The zero-order valence-corrected chi connectivity index (χ0v) is 16.1. The SMILES string of the molecule is Cc1ccc(S(=O)(=O)O[C@@H]2CO[C@@H]3COC(c4ccccc4)O[C@@H]3[C@@H]2O)cc1. The Morgan fingerprint density at radius 3 is 2.43 bits per heavy atom. The van der Waals surface area contributed by atoms with Crippen LogP contribution < -0.4 is 0 Å². The molecule has 1 unspecified atom stereocenters. The molecule has 150 valence electrons. The van der Waals surface area contributed by atoms with Crippen molar-refractivity contribution >= 4 is 10.1 Å². The Kier molecular flexibility index (Phi) is 5.50. The smallest absolute Gasteiger partial charge is 0.297 e. The summed E-state index contributed by atoms with van der Waals surface area (Å²) in [5, 5.41) is 10.7. The molecule has 8 heteroatoms. The Morgan fingerprint density at radius 1 is 1.00 bits per heavy atom. The average molecular weight is 406 g/mol. The van der Waals surface area contributed by atoms with E-state index in [9.17, 15) is 13.5 Å². The first-order valence-corrected chi connectivity index (χ1v) is 10.5. The predicted molar refractivity (Wildman–Crippen MR) is 99.0 cm³/mol. The monoisotopic (exact) mass is 406 g/mol. The third kappa shape index (κ3) is 3.98. The maximum Gasteiger partial charge on any atom is 0.297 e. The summed E-state index contributed by atoms with van der Waals surface area (Å²) in [6.07, 6.45) is -4.15. The molecule has 0 saturated carbocycles. The molecule has 5 atom stereocenters. The van der Waals surface area contributed by atoms with E-state index < -0.39 is 40.8 Å². The van der Waals surface area contributed by atoms with Gasteiger partial charge in [0.25, 0.3) is 10.1 Å². The zero-order valence-electron chi connectivity index (χ0n) is 15.3. The second-order valence-corrected chi connectivity index (χ2v) is 8.51. The second kappa shape index (κ2) is 7.90. The molecule has 28 heavy (non-hydrogen) atoms. The third-order valence-electron chi connectivity index (χ3n) is 4.88. The van der Waals surface area contributed by atoms with Gasteiger partial charge >= 0.3 is 0 Å². The fourth-order valence-corrected chi connectivity index (χ4v) is 4.39. The molecule has 0 radical (unpaired) electrons. The van der Waals surface area contributed by atoms with Gasteiger partial charge in [0.1, 0.15) is 24.4 Å². The number of aryl methyl sites for hydroxylation is 1. The highest BCUT2D eigenvalue weighted by Gasteiger charge is 2.47. The van der Waals surface area contributed by atoms with Crippen molar-refractivity contribution in [2.45, 2.75) is 42.5 Å². The van der Waals surface area contributed by atoms with Crippen molar-refractivity contribution in [1.29, 1.82) is 0 Å². The average Bonchev–Trinajstić information content (AvgIpc) is 2.71. The van der Waals surface area contributed by atoms with Crippen LogP contribution in [0.3, 0.4) is 0 Å². The molecule has 0 spiro atoms. The normalized spacial score (nSPS) is 30.6. The van der Waals surface area contributed by atoms with E-state index in [-0.39, 0.29) is 18.1 Å². The lowest BCUT2D eigenvalue weighted by atomic mass is 9.99. The van der Waals surface area contributed by atoms with Gasteiger partial charge in [-0.1, -0.05) is 48.0 Å². The number of aliphatic hydroxyl groups excluding tert-OH is 1. The van der Waals surface area contributed by atoms with Crippen LogP contribution in [0.5, 0.6) is 0 Å². The number of benzene rings is 2. The van der Waals surface area contributed by atoms with Crippen LogP contribution in [0.15, 0.2) is 59.5 Å². The van der Waals surface area contributed by atoms with E-state index in [1.807, 2.05) is 37.3 Å². The lowest BCUT2D eigenvalue weighted by molar-refractivity contribution is -0.311. The fraction of sp³-hybridized carbons (Fsp3) is 0.400. The fourth-order valence-electron chi connectivity index (χ4n) is 3.31. The molecule has 0 aliphatic carbocycles. The minimum Gasteiger partial charge on any atom is -0.387 e. The summed E-state index contributed by atoms with van der Waals surface area (Å²) in [4.78, 5) is 0.0301. The molecule has 4 rings (SSSR count). The first-order chi connectivity index (χ1) is 13.4. The molecule has 7 nitrogen and oxygen atoms in total. The van der Waals surface area contributed by atoms with Crippen LogP contribution in [0.25, 0.3) is 0 Å². The Labute approximate surface area is 163 Å². The first-order valence-electron chi connectivity index (χ1n) is 9.06. The van der Waals surface area contributed by atoms with Gasteiger partial charge in [0.05, 0.1) is 18.1 Å². The lowest BCUT2D eigenvalue weighted by Gasteiger charge is -2.44. The number of ether oxygens (including phenoxy) is 3. The summed E-state index contributed by atoms with van der Waals surface area (Å²) in [5.74, 6) is 0. The largest absolute Gasteiger partial charge is 0.387 e. The molecule has 2 heterocycles. The van der Waals surface area contributed by atoms with Gasteiger partial charge in [-0.25, -0.2) is 0 Å². The number of hydrogen-bond acceptors (Lipinski definition) is 7. The van der Waals surface area contributed by atoms with Crippen molar-refractivity contribution in [2.75, 3.05) is 13.2 Å². The van der Waals surface area contributed by atoms with Crippen LogP contribution in [0.1, 0.15) is 17.4 Å². The number of hydrogen-bond donors (Lipinski definition) is 1. The third-order valence-corrected chi connectivity index (χ3v) is 6.23. The summed E-state index contributed by atoms with van der Waals surface area (Å²) in [7, 11) is -4.04. The van der Waals surface area contributed by atoms with Crippen molar-refractivity contribution in [2.24, 2.45) is 0 Å². The van der Waals surface area contributed by atoms with E-state index >= 15 is 0 Å². The van der Waals surface area contributed by atoms with Gasteiger partial charge in [0.15, 0.2) is 6.29 Å². The molecule has 2 aromatic rings. The minimum atomic E-state index is -4.04. The highest BCUT2D eigenvalue weighted by atomic mass is 32.2. The maximum absolute atomic E-state index is 12.5. The van der Waals surface area contributed by atoms with Crippen LogP contribution in [0, 0.1) is 6.92 Å². The number of aliphatic hydroxyl groups is 1. The van der Waals surface area contributed by atoms with E-state index in [0.717, 1.165) is 11.1 Å². The van der Waals surface area contributed by atoms with E-state index in [0.29, 0.717) is 0 Å². The lowest BCUT2D eigenvalue weighted by Crippen LogP contribution is -2.59. The number of fused-ring (bicyclic) bond motifs is 1. The Morgan fingerprint density at radius 2 is 1.71 bits per heavy atom. The van der Waals surface area contributed by atoms with Crippen LogP contribution in [-0.4, -0.2) is 51.2 Å². The summed E-state index contributed by atoms with van der Waals surface area (Å²) < 4.78 is 47.6. The summed E-state index contributed by atoms with van der Waals surface area (Å²) in [5.41, 5.74) is 1.74. The van der Waals surface area contributed by atoms with Crippen molar-refractivity contribution in [3.63, 3.8) is 0 Å². The van der Waals surface area contributed by atoms with Gasteiger partial charge in [0, 0.05) is 5.56 Å². The summed E-state index contributed by atoms with van der Waals surface area (Å²) in [6.45, 7) is 2.02. The minimum absolute atomic E-state index is 0.0301. The van der Waals surface area contributed by atoms with Crippen molar-refractivity contribution in [1.82, 2.24) is 0 Å². The van der Waals surface area contributed by atoms with Crippen LogP contribution in [-0.2, 0) is 28.5 Å². The summed E-state index contributed by atoms with van der Waals surface area (Å²) >= 11 is 0. The van der Waals surface area contributed by atoms with E-state index in [4.69, 9.17) is 18.4 Å². The van der Waals surface area contributed by atoms with Crippen LogP contribution >= 0.6 is 0 Å². The van der Waals surface area contributed by atoms with E-state index in [2.05, 4.69) is 0 Å². The quantitative estimate of drug-likeness (QED) is 0.776. The van der Waals surface area contributed by atoms with Crippen LogP contribution in [0.2, 0.25) is 0 Å². The molecule has 2 aromatic carbocycles. The van der Waals surface area contributed by atoms with E-state index in [1.54, 1.807) is 12.1 Å². The van der Waals surface area contributed by atoms with Gasteiger partial charge in [-0.3, -0.25) is 4.18 Å². The van der Waals surface area contributed by atoms with Gasteiger partial charge in [-0.15, -0.1) is 0 Å². The van der Waals surface area contributed by atoms with E-state index in [1.165, 1.54) is 12.1 Å². The Hall–Kier alpha value is -1.81. The van der Waals surface area contributed by atoms with Gasteiger partial charge in [0.2, 0.25) is 0 Å². The zero-order chi connectivity index (χ0) is 19.7. The molecule has 2 aliphatic rings. The Bertz CT molecular complexity index is 898. The molecular weight excluding hydrogens is 384 g/mol. The van der Waals surface area contributed by atoms with Crippen molar-refractivity contribution < 1.29 is 31.9 Å². The van der Waals surface area contributed by atoms with Crippen LogP contribution in [0.4, 0.5) is 0 Å². The highest BCUT2D eigenvalue weighted by Crippen LogP contribution is 2.33. The van der Waals surface area contributed by atoms with Crippen molar-refractivity contribution in [3.8, 4) is 0 Å². The van der Waals surface area contributed by atoms with Gasteiger partial charge in [-0.05, 0) is 19.1 Å². The second-order valence-electron chi connectivity index (χ2n) is 6.94. The summed E-state index contributed by atoms with van der Waals surface area (Å²) in [6, 6.07) is 15.6. The first kappa shape index (κ1) is 19.5. The molecule has 2 aliphatic heterocycles.